The van der Waals surface area contributed by atoms with Gasteiger partial charge in [0.05, 0.1) is 42.5 Å². The van der Waals surface area contributed by atoms with E-state index in [1.807, 2.05) is 0 Å². The van der Waals surface area contributed by atoms with Crippen LogP contribution in [0, 0.1) is 0 Å². The number of aromatic nitrogens is 2. The van der Waals surface area contributed by atoms with Crippen LogP contribution in [0.2, 0.25) is 0 Å². The minimum atomic E-state index is -3.21. The van der Waals surface area contributed by atoms with Crippen molar-refractivity contribution in [1.82, 2.24) is 19.6 Å². The summed E-state index contributed by atoms with van der Waals surface area (Å²) in [6, 6.07) is 0. The van der Waals surface area contributed by atoms with Crippen LogP contribution in [-0.2, 0) is 21.6 Å². The predicted molar refractivity (Wildman–Crippen MR) is 91.0 cm³/mol. The number of carbonyl (C=O) groups excluding carboxylic acids is 1. The van der Waals surface area contributed by atoms with Crippen molar-refractivity contribution in [2.24, 2.45) is 7.05 Å². The van der Waals surface area contributed by atoms with Gasteiger partial charge in [-0.3, -0.25) is 9.48 Å². The Hall–Kier alpha value is -1.45. The predicted octanol–water partition coefficient (Wildman–Crippen LogP) is -0.476. The van der Waals surface area contributed by atoms with E-state index >= 15 is 0 Å². The van der Waals surface area contributed by atoms with Gasteiger partial charge in [0.1, 0.15) is 5.60 Å². The molecule has 1 aromatic rings. The van der Waals surface area contributed by atoms with Gasteiger partial charge in [-0.05, 0) is 25.9 Å². The molecule has 0 aliphatic carbocycles. The quantitative estimate of drug-likeness (QED) is 0.717. The Kier molecular flexibility index (Phi) is 4.12. The van der Waals surface area contributed by atoms with Gasteiger partial charge in [0.2, 0.25) is 0 Å². The van der Waals surface area contributed by atoms with Crippen LogP contribution in [0.5, 0.6) is 0 Å². The fraction of sp³-hybridized carbons (Fsp3) is 0.750. The lowest BCUT2D eigenvalue weighted by atomic mass is 9.95. The number of hydrogen-bond donors (Lipinski definition) is 0. The summed E-state index contributed by atoms with van der Waals surface area (Å²) in [5.41, 5.74) is -0.207. The highest BCUT2D eigenvalue weighted by Gasteiger charge is 2.54. The van der Waals surface area contributed by atoms with E-state index in [-0.39, 0.29) is 18.3 Å². The van der Waals surface area contributed by atoms with Gasteiger partial charge in [0.25, 0.3) is 5.91 Å². The van der Waals surface area contributed by atoms with E-state index in [4.69, 9.17) is 4.74 Å². The fourth-order valence-corrected chi connectivity index (χ4v) is 5.96. The maximum atomic E-state index is 12.7. The minimum absolute atomic E-state index is 0.00925. The zero-order valence-corrected chi connectivity index (χ0v) is 15.2. The van der Waals surface area contributed by atoms with Crippen LogP contribution in [0.25, 0.3) is 0 Å². The van der Waals surface area contributed by atoms with Gasteiger partial charge in [-0.1, -0.05) is 0 Å². The van der Waals surface area contributed by atoms with Crippen molar-refractivity contribution in [2.75, 3.05) is 45.1 Å². The molecule has 8 nitrogen and oxygen atoms in total. The van der Waals surface area contributed by atoms with Crippen molar-refractivity contribution in [3.05, 3.63) is 18.0 Å². The standard InChI is InChI=1S/C16H24N4O4S/c1-18-7-13(6-17-18)15(21)20-10-16(11-20)12-25(22,23)14(9-24-16)8-19-4-2-3-5-19/h6-7,14H,2-5,8-12H2,1H3/t14-/m0/s1. The first-order chi connectivity index (χ1) is 11.9. The molecule has 4 rings (SSSR count). The second kappa shape index (κ2) is 6.07. The SMILES string of the molecule is Cn1cc(C(=O)N2CC3(C2)CS(=O)(=O)[C@@H](CN2CCCC2)CO3)cn1. The van der Waals surface area contributed by atoms with Crippen molar-refractivity contribution in [1.29, 1.82) is 0 Å². The summed E-state index contributed by atoms with van der Waals surface area (Å²) in [6.07, 6.45) is 5.47. The average Bonchev–Trinajstić information content (AvgIpc) is 3.17. The number of carbonyl (C=O) groups is 1. The van der Waals surface area contributed by atoms with Gasteiger partial charge >= 0.3 is 0 Å². The number of hydrogen-bond acceptors (Lipinski definition) is 6. The van der Waals surface area contributed by atoms with Crippen molar-refractivity contribution >= 4 is 15.7 Å². The van der Waals surface area contributed by atoms with Crippen molar-refractivity contribution in [3.63, 3.8) is 0 Å². The highest BCUT2D eigenvalue weighted by atomic mass is 32.2. The van der Waals surface area contributed by atoms with E-state index in [1.54, 1.807) is 22.8 Å². The van der Waals surface area contributed by atoms with Crippen molar-refractivity contribution < 1.29 is 17.9 Å². The molecule has 0 saturated carbocycles. The molecule has 0 bridgehead atoms. The Morgan fingerprint density at radius 1 is 1.36 bits per heavy atom. The summed E-state index contributed by atoms with van der Waals surface area (Å²) in [5, 5.41) is 3.56. The molecule has 9 heteroatoms. The van der Waals surface area contributed by atoms with Crippen LogP contribution < -0.4 is 0 Å². The van der Waals surface area contributed by atoms with Crippen LogP contribution in [-0.4, -0.2) is 89.8 Å². The van der Waals surface area contributed by atoms with Gasteiger partial charge in [-0.2, -0.15) is 5.10 Å². The van der Waals surface area contributed by atoms with Gasteiger partial charge < -0.3 is 14.5 Å². The molecular weight excluding hydrogens is 344 g/mol. The number of sulfone groups is 1. The Morgan fingerprint density at radius 2 is 2.08 bits per heavy atom. The van der Waals surface area contributed by atoms with Crippen molar-refractivity contribution in [2.45, 2.75) is 23.7 Å². The summed E-state index contributed by atoms with van der Waals surface area (Å²) in [4.78, 5) is 16.2. The Morgan fingerprint density at radius 3 is 2.68 bits per heavy atom. The fourth-order valence-electron chi connectivity index (χ4n) is 4.01. The van der Waals surface area contributed by atoms with E-state index in [0.29, 0.717) is 25.2 Å². The molecule has 3 aliphatic heterocycles. The molecule has 3 fully saturated rings. The highest BCUT2D eigenvalue weighted by Crippen LogP contribution is 2.33. The molecule has 138 valence electrons. The van der Waals surface area contributed by atoms with Crippen LogP contribution in [0.1, 0.15) is 23.2 Å². The Bertz CT molecular complexity index is 763. The summed E-state index contributed by atoms with van der Waals surface area (Å²) in [6.45, 7) is 3.41. The molecule has 4 heterocycles. The number of amides is 1. The van der Waals surface area contributed by atoms with Crippen molar-refractivity contribution in [3.8, 4) is 0 Å². The highest BCUT2D eigenvalue weighted by molar-refractivity contribution is 7.92. The summed E-state index contributed by atoms with van der Waals surface area (Å²) in [5.74, 6) is -0.117. The maximum Gasteiger partial charge on any atom is 0.257 e. The van der Waals surface area contributed by atoms with Gasteiger partial charge in [-0.25, -0.2) is 8.42 Å². The summed E-state index contributed by atoms with van der Waals surface area (Å²) < 4.78 is 32.9. The number of ether oxygens (including phenoxy) is 1. The van der Waals surface area contributed by atoms with E-state index in [9.17, 15) is 13.2 Å². The first-order valence-corrected chi connectivity index (χ1v) is 10.4. The van der Waals surface area contributed by atoms with Crippen LogP contribution in [0.3, 0.4) is 0 Å². The largest absolute Gasteiger partial charge is 0.369 e. The second-order valence-corrected chi connectivity index (χ2v) is 9.78. The molecule has 0 N–H and O–H groups in total. The average molecular weight is 368 g/mol. The maximum absolute atomic E-state index is 12.7. The molecule has 0 aromatic carbocycles. The van der Waals surface area contributed by atoms with Crippen LogP contribution in [0.4, 0.5) is 0 Å². The number of likely N-dealkylation sites (tertiary alicyclic amines) is 2. The lowest BCUT2D eigenvalue weighted by Gasteiger charge is -2.52. The molecular formula is C16H24N4O4S. The van der Waals surface area contributed by atoms with E-state index < -0.39 is 20.7 Å². The lowest BCUT2D eigenvalue weighted by molar-refractivity contribution is -0.121. The first-order valence-electron chi connectivity index (χ1n) is 8.73. The van der Waals surface area contributed by atoms with Crippen LogP contribution >= 0.6 is 0 Å². The summed E-state index contributed by atoms with van der Waals surface area (Å²) in [7, 11) is -1.45. The normalized spacial score (nSPS) is 28.2. The lowest BCUT2D eigenvalue weighted by Crippen LogP contribution is -2.71. The van der Waals surface area contributed by atoms with E-state index in [0.717, 1.165) is 25.9 Å². The van der Waals surface area contributed by atoms with Gasteiger partial charge in [0.15, 0.2) is 9.84 Å². The molecule has 3 saturated heterocycles. The zero-order chi connectivity index (χ0) is 17.7. The zero-order valence-electron chi connectivity index (χ0n) is 14.4. The topological polar surface area (TPSA) is 84.7 Å². The molecule has 0 unspecified atom stereocenters. The van der Waals surface area contributed by atoms with Crippen LogP contribution in [0.15, 0.2) is 12.4 Å². The molecule has 1 aromatic heterocycles. The Balaban J connectivity index is 1.37. The third kappa shape index (κ3) is 3.20. The van der Waals surface area contributed by atoms with E-state index in [1.165, 1.54) is 6.20 Å². The van der Waals surface area contributed by atoms with E-state index in [2.05, 4.69) is 10.00 Å². The van der Waals surface area contributed by atoms with Gasteiger partial charge in [0, 0.05) is 19.8 Å². The molecule has 3 aliphatic rings. The smallest absolute Gasteiger partial charge is 0.257 e. The molecule has 1 amide bonds. The molecule has 1 spiro atoms. The second-order valence-electron chi connectivity index (χ2n) is 7.49. The first kappa shape index (κ1) is 17.0. The van der Waals surface area contributed by atoms with Gasteiger partial charge in [-0.15, -0.1) is 0 Å². The number of aryl methyl sites for hydroxylation is 1. The summed E-state index contributed by atoms with van der Waals surface area (Å²) >= 11 is 0. The minimum Gasteiger partial charge on any atom is -0.369 e. The molecule has 1 atom stereocenters. The molecule has 0 radical (unpaired) electrons. The molecule has 25 heavy (non-hydrogen) atoms. The Labute approximate surface area is 147 Å². The third-order valence-corrected chi connectivity index (χ3v) is 7.63. The third-order valence-electron chi connectivity index (χ3n) is 5.41. The number of nitrogens with zero attached hydrogens (tertiary/aromatic N) is 4. The number of rotatable bonds is 3. The monoisotopic (exact) mass is 368 g/mol.